The van der Waals surface area contributed by atoms with E-state index >= 15 is 0 Å². The molecule has 0 amide bonds. The van der Waals surface area contributed by atoms with Gasteiger partial charge < -0.3 is 0 Å². The largest absolute Gasteiger partial charge is 0.229 e. The van der Waals surface area contributed by atoms with Gasteiger partial charge in [0.1, 0.15) is 9.84 Å². The summed E-state index contributed by atoms with van der Waals surface area (Å²) in [6.45, 7) is 10.7. The summed E-state index contributed by atoms with van der Waals surface area (Å²) in [6.07, 6.45) is -2.21. The first kappa shape index (κ1) is 8.14. The lowest BCUT2D eigenvalue weighted by atomic mass is 9.68. The van der Waals surface area contributed by atoms with Gasteiger partial charge >= 0.3 is 0 Å². The second kappa shape index (κ2) is 3.84. The van der Waals surface area contributed by atoms with E-state index in [1.807, 2.05) is 0 Å². The summed E-state index contributed by atoms with van der Waals surface area (Å²) in [5.74, 6) is -0.819. The van der Waals surface area contributed by atoms with E-state index in [4.69, 9.17) is 5.48 Å². The minimum absolute atomic E-state index is 0.594. The molecule has 0 aromatic heterocycles. The minimum Gasteiger partial charge on any atom is -0.229 e. The van der Waals surface area contributed by atoms with E-state index in [1.165, 1.54) is 0 Å². The molecule has 0 aliphatic heterocycles. The van der Waals surface area contributed by atoms with Crippen LogP contribution in [0.5, 0.6) is 0 Å². The molecule has 0 aromatic carbocycles. The summed E-state index contributed by atoms with van der Waals surface area (Å²) in [5, 5.41) is 0. The fourth-order valence-corrected chi connectivity index (χ4v) is 2.85. The van der Waals surface area contributed by atoms with Gasteiger partial charge in [0.05, 0.1) is 5.70 Å². The van der Waals surface area contributed by atoms with Crippen molar-refractivity contribution in [2.24, 2.45) is 16.7 Å². The van der Waals surface area contributed by atoms with Crippen molar-refractivity contribution in [1.29, 1.82) is 0 Å². The van der Waals surface area contributed by atoms with Crippen molar-refractivity contribution in [1.82, 2.24) is 0 Å². The van der Waals surface area contributed by atoms with E-state index in [0.717, 1.165) is 0 Å². The van der Waals surface area contributed by atoms with Crippen LogP contribution in [0.4, 0.5) is 0 Å². The summed E-state index contributed by atoms with van der Waals surface area (Å²) in [5.41, 5.74) is -3.79. The maximum atomic E-state index is 11.9. The standard InChI is InChI=1S/C11H24O2S/c1-10(2,3)9(11(4,5)6)8-14(7,12)13/h9H,8H2,1-7H3/i7D2,8D2. The number of rotatable bonds is 2. The Hall–Kier alpha value is -0.0500. The summed E-state index contributed by atoms with van der Waals surface area (Å²) < 4.78 is 54.0. The SMILES string of the molecule is [2H]C([2H])S(=O)(=O)C([2H])([2H])C(C(C)(C)C)C(C)(C)C. The van der Waals surface area contributed by atoms with Gasteiger partial charge in [0.25, 0.3) is 0 Å². The average molecular weight is 224 g/mol. The molecule has 0 radical (unpaired) electrons. The predicted octanol–water partition coefficient (Wildman–Crippen LogP) is 2.74. The van der Waals surface area contributed by atoms with Crippen LogP contribution in [0.2, 0.25) is 0 Å². The first-order valence-corrected chi connectivity index (χ1v) is 6.19. The van der Waals surface area contributed by atoms with Crippen molar-refractivity contribution in [3.8, 4) is 0 Å². The third-order valence-electron chi connectivity index (χ3n) is 2.01. The van der Waals surface area contributed by atoms with Crippen molar-refractivity contribution in [3.63, 3.8) is 0 Å². The average Bonchev–Trinajstić information content (AvgIpc) is 1.95. The zero-order valence-corrected chi connectivity index (χ0v) is 10.7. The summed E-state index contributed by atoms with van der Waals surface area (Å²) in [6, 6.07) is 0. The Bertz CT molecular complexity index is 374. The van der Waals surface area contributed by atoms with Crippen LogP contribution in [-0.2, 0) is 9.84 Å². The van der Waals surface area contributed by atoms with E-state index in [1.54, 1.807) is 41.5 Å². The smallest absolute Gasteiger partial charge is 0.147 e. The molecular formula is C11H24O2S. The van der Waals surface area contributed by atoms with Crippen LogP contribution in [0.3, 0.4) is 0 Å². The molecule has 0 saturated heterocycles. The summed E-state index contributed by atoms with van der Waals surface area (Å²) in [4.78, 5) is 0. The monoisotopic (exact) mass is 224 g/mol. The number of sulfone groups is 1. The molecule has 14 heavy (non-hydrogen) atoms. The van der Waals surface area contributed by atoms with Crippen LogP contribution in [0.15, 0.2) is 0 Å². The summed E-state index contributed by atoms with van der Waals surface area (Å²) in [7, 11) is -4.48. The Kier molecular flexibility index (Phi) is 2.23. The first-order valence-electron chi connectivity index (χ1n) is 6.79. The van der Waals surface area contributed by atoms with Crippen LogP contribution in [0, 0.1) is 16.7 Å². The molecule has 0 saturated carbocycles. The van der Waals surface area contributed by atoms with Crippen LogP contribution in [-0.4, -0.2) is 20.3 Å². The molecule has 3 heteroatoms. The topological polar surface area (TPSA) is 34.1 Å². The van der Waals surface area contributed by atoms with Gasteiger partial charge in [0.15, 0.2) is 0 Å². The van der Waals surface area contributed by atoms with Crippen molar-refractivity contribution < 1.29 is 13.9 Å². The van der Waals surface area contributed by atoms with Crippen molar-refractivity contribution in [2.45, 2.75) is 41.5 Å². The third kappa shape index (κ3) is 4.99. The third-order valence-corrected chi connectivity index (χ3v) is 2.58. The van der Waals surface area contributed by atoms with Crippen molar-refractivity contribution in [3.05, 3.63) is 0 Å². The predicted molar refractivity (Wildman–Crippen MR) is 62.1 cm³/mol. The molecule has 0 unspecified atom stereocenters. The van der Waals surface area contributed by atoms with Crippen molar-refractivity contribution in [2.75, 3.05) is 11.9 Å². The van der Waals surface area contributed by atoms with E-state index < -0.39 is 38.5 Å². The summed E-state index contributed by atoms with van der Waals surface area (Å²) >= 11 is 0. The Balaban J connectivity index is 5.96. The van der Waals surface area contributed by atoms with E-state index in [-0.39, 0.29) is 0 Å². The Morgan fingerprint density at radius 1 is 1.14 bits per heavy atom. The maximum absolute atomic E-state index is 11.9. The lowest BCUT2D eigenvalue weighted by molar-refractivity contribution is 0.123. The molecule has 86 valence electrons. The van der Waals surface area contributed by atoms with Gasteiger partial charge in [-0.15, -0.1) is 0 Å². The first-order chi connectivity index (χ1) is 7.56. The molecule has 0 fully saturated rings. The molecule has 0 aliphatic carbocycles. The molecule has 0 aromatic rings. The molecule has 0 aliphatic rings. The number of hydrogen-bond acceptors (Lipinski definition) is 2. The van der Waals surface area contributed by atoms with E-state index in [9.17, 15) is 8.42 Å². The van der Waals surface area contributed by atoms with Gasteiger partial charge in [-0.2, -0.15) is 0 Å². The quantitative estimate of drug-likeness (QED) is 0.723. The highest BCUT2D eigenvalue weighted by molar-refractivity contribution is 7.90. The van der Waals surface area contributed by atoms with Gasteiger partial charge in [-0.05, 0) is 16.7 Å². The molecular weight excluding hydrogens is 196 g/mol. The maximum Gasteiger partial charge on any atom is 0.147 e. The highest BCUT2D eigenvalue weighted by Gasteiger charge is 2.36. The molecule has 0 atom stereocenters. The second-order valence-electron chi connectivity index (χ2n) is 5.83. The van der Waals surface area contributed by atoms with Crippen LogP contribution >= 0.6 is 0 Å². The molecule has 0 spiro atoms. The molecule has 0 heterocycles. The zero-order chi connectivity index (χ0) is 15.2. The Morgan fingerprint density at radius 3 is 1.71 bits per heavy atom. The van der Waals surface area contributed by atoms with E-state index in [2.05, 4.69) is 0 Å². The molecule has 2 nitrogen and oxygen atoms in total. The van der Waals surface area contributed by atoms with Gasteiger partial charge in [0.2, 0.25) is 0 Å². The number of hydrogen-bond donors (Lipinski definition) is 0. The fourth-order valence-electron chi connectivity index (χ4n) is 1.82. The zero-order valence-electron chi connectivity index (χ0n) is 13.9. The highest BCUT2D eigenvalue weighted by Crippen LogP contribution is 2.40. The van der Waals surface area contributed by atoms with Crippen molar-refractivity contribution >= 4 is 9.84 Å². The minimum atomic E-state index is -4.48. The van der Waals surface area contributed by atoms with Gasteiger partial charge in [-0.3, -0.25) is 0 Å². The molecule has 0 rings (SSSR count). The normalized spacial score (nSPS) is 20.3. The molecule has 0 N–H and O–H groups in total. The fraction of sp³-hybridized carbons (Fsp3) is 1.00. The lowest BCUT2D eigenvalue weighted by Crippen LogP contribution is -2.37. The lowest BCUT2D eigenvalue weighted by Gasteiger charge is -2.40. The van der Waals surface area contributed by atoms with Gasteiger partial charge in [-0.1, -0.05) is 41.5 Å². The van der Waals surface area contributed by atoms with Gasteiger partial charge in [0, 0.05) is 11.7 Å². The van der Waals surface area contributed by atoms with Crippen LogP contribution < -0.4 is 0 Å². The Morgan fingerprint density at radius 2 is 1.50 bits per heavy atom. The van der Waals surface area contributed by atoms with Crippen LogP contribution in [0.1, 0.15) is 47.0 Å². The van der Waals surface area contributed by atoms with Gasteiger partial charge in [-0.25, -0.2) is 8.42 Å². The van der Waals surface area contributed by atoms with Crippen LogP contribution in [0.25, 0.3) is 0 Å². The second-order valence-corrected chi connectivity index (χ2v) is 7.15. The van der Waals surface area contributed by atoms with E-state index in [0.29, 0.717) is 0 Å². The highest BCUT2D eigenvalue weighted by atomic mass is 32.2. The Labute approximate surface area is 94.6 Å². The molecule has 0 bridgehead atoms.